The van der Waals surface area contributed by atoms with Gasteiger partial charge in [0.25, 0.3) is 0 Å². The lowest BCUT2D eigenvalue weighted by Gasteiger charge is -2.31. The van der Waals surface area contributed by atoms with Gasteiger partial charge in [-0.2, -0.15) is 0 Å². The summed E-state index contributed by atoms with van der Waals surface area (Å²) in [4.78, 5) is 41.8. The topological polar surface area (TPSA) is 94.1 Å². The standard InChI is InChI=1S/C25H34N2O5/c1-5-19-20(22(28)31-15-16-10-7-6-8-11-16)21(27-24(30)26-19)17-12-9-13-18(14-17)32-23(29)25(2,3)4/h9,12-14,16,20-21H,5-8,10-11,15H2,1-4H3,(H,27,30). The predicted octanol–water partition coefficient (Wildman–Crippen LogP) is 4.99. The van der Waals surface area contributed by atoms with E-state index < -0.39 is 23.4 Å². The molecule has 7 nitrogen and oxygen atoms in total. The van der Waals surface area contributed by atoms with Crippen LogP contribution in [0.2, 0.25) is 0 Å². The Morgan fingerprint density at radius 1 is 1.16 bits per heavy atom. The van der Waals surface area contributed by atoms with Gasteiger partial charge >= 0.3 is 18.0 Å². The van der Waals surface area contributed by atoms with Crippen LogP contribution in [0.15, 0.2) is 29.3 Å². The van der Waals surface area contributed by atoms with Crippen LogP contribution in [0.4, 0.5) is 4.79 Å². The van der Waals surface area contributed by atoms with Gasteiger partial charge in [0.05, 0.1) is 18.1 Å². The first-order valence-corrected chi connectivity index (χ1v) is 11.6. The number of hydrogen-bond acceptors (Lipinski definition) is 5. The average Bonchev–Trinajstić information content (AvgIpc) is 2.77. The van der Waals surface area contributed by atoms with Crippen LogP contribution < -0.4 is 10.1 Å². The van der Waals surface area contributed by atoms with E-state index in [1.165, 1.54) is 19.3 Å². The third kappa shape index (κ3) is 5.96. The first-order chi connectivity index (χ1) is 15.2. The Morgan fingerprint density at radius 2 is 1.88 bits per heavy atom. The van der Waals surface area contributed by atoms with E-state index in [1.807, 2.05) is 6.92 Å². The molecule has 0 spiro atoms. The predicted molar refractivity (Wildman–Crippen MR) is 122 cm³/mol. The number of hydrogen-bond donors (Lipinski definition) is 1. The summed E-state index contributed by atoms with van der Waals surface area (Å²) in [5.41, 5.74) is 0.519. The fourth-order valence-corrected chi connectivity index (χ4v) is 4.16. The van der Waals surface area contributed by atoms with Gasteiger partial charge in [0.15, 0.2) is 0 Å². The number of nitrogens with one attached hydrogen (secondary N) is 1. The molecule has 0 aromatic heterocycles. The number of esters is 2. The Morgan fingerprint density at radius 3 is 2.53 bits per heavy atom. The molecule has 2 unspecified atom stereocenters. The molecule has 0 radical (unpaired) electrons. The number of benzene rings is 1. The summed E-state index contributed by atoms with van der Waals surface area (Å²) in [6.45, 7) is 7.61. The summed E-state index contributed by atoms with van der Waals surface area (Å²) in [6, 6.07) is 5.80. The fourth-order valence-electron chi connectivity index (χ4n) is 4.16. The number of aliphatic imine (C=N–C) groups is 1. The van der Waals surface area contributed by atoms with E-state index in [9.17, 15) is 14.4 Å². The van der Waals surface area contributed by atoms with E-state index in [0.717, 1.165) is 12.8 Å². The maximum Gasteiger partial charge on any atom is 0.341 e. The van der Waals surface area contributed by atoms with Crippen molar-refractivity contribution in [2.45, 2.75) is 72.3 Å². The van der Waals surface area contributed by atoms with Crippen LogP contribution in [-0.4, -0.2) is 30.3 Å². The molecule has 7 heteroatoms. The Kier molecular flexibility index (Phi) is 7.69. The molecule has 32 heavy (non-hydrogen) atoms. The number of ether oxygens (including phenoxy) is 2. The molecule has 2 aliphatic rings. The Hall–Kier alpha value is -2.70. The van der Waals surface area contributed by atoms with E-state index in [0.29, 0.717) is 36.0 Å². The molecule has 1 saturated carbocycles. The van der Waals surface area contributed by atoms with Crippen molar-refractivity contribution in [3.05, 3.63) is 29.8 Å². The first kappa shape index (κ1) is 24.0. The zero-order chi connectivity index (χ0) is 23.3. The molecule has 0 saturated heterocycles. The van der Waals surface area contributed by atoms with Crippen LogP contribution in [0.3, 0.4) is 0 Å². The Labute approximate surface area is 190 Å². The quantitative estimate of drug-likeness (QED) is 0.495. The van der Waals surface area contributed by atoms with Crippen molar-refractivity contribution in [3.63, 3.8) is 0 Å². The third-order valence-corrected chi connectivity index (χ3v) is 6.06. The van der Waals surface area contributed by atoms with Gasteiger partial charge in [-0.05, 0) is 63.6 Å². The highest BCUT2D eigenvalue weighted by Gasteiger charge is 2.39. The monoisotopic (exact) mass is 442 g/mol. The minimum atomic E-state index is -0.713. The van der Waals surface area contributed by atoms with Crippen LogP contribution >= 0.6 is 0 Å². The molecule has 1 fully saturated rings. The van der Waals surface area contributed by atoms with Gasteiger partial charge in [-0.15, -0.1) is 0 Å². The Balaban J connectivity index is 1.81. The summed E-state index contributed by atoms with van der Waals surface area (Å²) in [6.07, 6.45) is 6.20. The van der Waals surface area contributed by atoms with Gasteiger partial charge in [-0.1, -0.05) is 38.3 Å². The van der Waals surface area contributed by atoms with Crippen molar-refractivity contribution in [2.24, 2.45) is 22.2 Å². The molecule has 1 aliphatic carbocycles. The molecule has 2 amide bonds. The van der Waals surface area contributed by atoms with Gasteiger partial charge in [0.1, 0.15) is 11.7 Å². The van der Waals surface area contributed by atoms with Crippen LogP contribution in [-0.2, 0) is 14.3 Å². The van der Waals surface area contributed by atoms with Crippen LogP contribution in [0.25, 0.3) is 0 Å². The van der Waals surface area contributed by atoms with Crippen molar-refractivity contribution in [3.8, 4) is 5.75 Å². The molecule has 1 aromatic rings. The van der Waals surface area contributed by atoms with E-state index in [2.05, 4.69) is 10.3 Å². The van der Waals surface area contributed by atoms with Crippen molar-refractivity contribution < 1.29 is 23.9 Å². The third-order valence-electron chi connectivity index (χ3n) is 6.06. The zero-order valence-electron chi connectivity index (χ0n) is 19.5. The average molecular weight is 443 g/mol. The highest BCUT2D eigenvalue weighted by atomic mass is 16.5. The lowest BCUT2D eigenvalue weighted by atomic mass is 9.86. The lowest BCUT2D eigenvalue weighted by Crippen LogP contribution is -2.45. The molecule has 174 valence electrons. The second kappa shape index (κ2) is 10.3. The van der Waals surface area contributed by atoms with Crippen molar-refractivity contribution in [1.29, 1.82) is 0 Å². The van der Waals surface area contributed by atoms with Gasteiger partial charge in [0.2, 0.25) is 0 Å². The van der Waals surface area contributed by atoms with E-state index >= 15 is 0 Å². The normalized spacial score (nSPS) is 22.0. The molecule has 1 N–H and O–H groups in total. The molecular weight excluding hydrogens is 408 g/mol. The van der Waals surface area contributed by atoms with E-state index in [-0.39, 0.29) is 11.9 Å². The largest absolute Gasteiger partial charge is 0.465 e. The lowest BCUT2D eigenvalue weighted by molar-refractivity contribution is -0.149. The Bertz CT molecular complexity index is 881. The number of amides is 2. The number of rotatable bonds is 6. The summed E-state index contributed by atoms with van der Waals surface area (Å²) in [5.74, 6) is -0.687. The highest BCUT2D eigenvalue weighted by Crippen LogP contribution is 2.32. The van der Waals surface area contributed by atoms with Crippen LogP contribution in [0, 0.1) is 17.3 Å². The molecule has 3 rings (SSSR count). The number of carbonyl (C=O) groups is 3. The SMILES string of the molecule is CCC1=NC(=O)NC(c2cccc(OC(=O)C(C)(C)C)c2)C1C(=O)OCC1CCCCC1. The van der Waals surface area contributed by atoms with Gasteiger partial charge < -0.3 is 14.8 Å². The molecule has 1 aliphatic heterocycles. The highest BCUT2D eigenvalue weighted by molar-refractivity contribution is 6.09. The second-order valence-corrected chi connectivity index (χ2v) is 9.71. The van der Waals surface area contributed by atoms with Crippen LogP contribution in [0.5, 0.6) is 5.75 Å². The molecule has 1 heterocycles. The summed E-state index contributed by atoms with van der Waals surface area (Å²) >= 11 is 0. The van der Waals surface area contributed by atoms with E-state index in [1.54, 1.807) is 45.0 Å². The number of urea groups is 1. The molecule has 1 aromatic carbocycles. The van der Waals surface area contributed by atoms with Crippen molar-refractivity contribution in [1.82, 2.24) is 5.32 Å². The maximum absolute atomic E-state index is 13.2. The fraction of sp³-hybridized carbons (Fsp3) is 0.600. The minimum Gasteiger partial charge on any atom is -0.465 e. The van der Waals surface area contributed by atoms with Gasteiger partial charge in [-0.3, -0.25) is 9.59 Å². The van der Waals surface area contributed by atoms with Crippen molar-refractivity contribution >= 4 is 23.7 Å². The summed E-state index contributed by atoms with van der Waals surface area (Å²) in [7, 11) is 0. The summed E-state index contributed by atoms with van der Waals surface area (Å²) < 4.78 is 11.2. The number of nitrogens with zero attached hydrogens (tertiary/aromatic N) is 1. The second-order valence-electron chi connectivity index (χ2n) is 9.71. The molecule has 2 atom stereocenters. The zero-order valence-corrected chi connectivity index (χ0v) is 19.5. The van der Waals surface area contributed by atoms with Gasteiger partial charge in [0, 0.05) is 5.71 Å². The number of carbonyl (C=O) groups excluding carboxylic acids is 3. The molecule has 0 bridgehead atoms. The smallest absolute Gasteiger partial charge is 0.341 e. The van der Waals surface area contributed by atoms with Crippen LogP contribution in [0.1, 0.15) is 77.8 Å². The van der Waals surface area contributed by atoms with E-state index in [4.69, 9.17) is 9.47 Å². The molecular formula is C25H34N2O5. The van der Waals surface area contributed by atoms with Crippen molar-refractivity contribution in [2.75, 3.05) is 6.61 Å². The first-order valence-electron chi connectivity index (χ1n) is 11.6. The maximum atomic E-state index is 13.2. The van der Waals surface area contributed by atoms with Gasteiger partial charge in [-0.25, -0.2) is 9.79 Å². The minimum absolute atomic E-state index is 0.360. The summed E-state index contributed by atoms with van der Waals surface area (Å²) in [5, 5.41) is 2.81.